The third-order valence-electron chi connectivity index (χ3n) is 6.93. The summed E-state index contributed by atoms with van der Waals surface area (Å²) >= 11 is 1.45. The van der Waals surface area contributed by atoms with Gasteiger partial charge in [-0.1, -0.05) is 36.4 Å². The van der Waals surface area contributed by atoms with Crippen molar-refractivity contribution in [3.05, 3.63) is 114 Å². The quantitative estimate of drug-likeness (QED) is 0.136. The molecule has 1 fully saturated rings. The summed E-state index contributed by atoms with van der Waals surface area (Å²) in [5, 5.41) is 10.3. The van der Waals surface area contributed by atoms with Gasteiger partial charge in [0.1, 0.15) is 11.5 Å². The van der Waals surface area contributed by atoms with Crippen LogP contribution in [-0.2, 0) is 0 Å². The number of hydrogen-bond acceptors (Lipinski definition) is 6. The van der Waals surface area contributed by atoms with E-state index in [1.807, 2.05) is 6.07 Å². The summed E-state index contributed by atoms with van der Waals surface area (Å²) in [6.07, 6.45) is 2.71. The molecule has 1 aliphatic rings. The molecule has 0 radical (unpaired) electrons. The number of fused-ring (bicyclic) bond motifs is 1. The van der Waals surface area contributed by atoms with Crippen LogP contribution in [0, 0.1) is 6.92 Å². The number of carbonyl (C=O) groups is 2. The molecule has 6 heteroatoms. The van der Waals surface area contributed by atoms with Crippen molar-refractivity contribution in [2.75, 3.05) is 18.0 Å². The van der Waals surface area contributed by atoms with Gasteiger partial charge in [0.2, 0.25) is 0 Å². The number of nitrogens with zero attached hydrogens (tertiary/aromatic N) is 1. The van der Waals surface area contributed by atoms with Crippen LogP contribution in [0.2, 0.25) is 0 Å². The SMILES string of the molecule is CC(=O)c1c(-c2ccc(O)cc2)sc2cc(OC(=O)c3ccccc3)ccc12.Cc1ccccc1N1CCCC1. The number of benzene rings is 4. The molecule has 0 spiro atoms. The van der Waals surface area contributed by atoms with Gasteiger partial charge in [-0.15, -0.1) is 11.3 Å². The van der Waals surface area contributed by atoms with Crippen LogP contribution in [-0.4, -0.2) is 29.9 Å². The number of ketones is 1. The van der Waals surface area contributed by atoms with Crippen molar-refractivity contribution < 1.29 is 19.4 Å². The minimum Gasteiger partial charge on any atom is -0.508 e. The number of rotatable bonds is 5. The van der Waals surface area contributed by atoms with Crippen molar-refractivity contribution in [1.29, 1.82) is 0 Å². The van der Waals surface area contributed by atoms with Gasteiger partial charge < -0.3 is 14.7 Å². The maximum absolute atomic E-state index is 12.3. The highest BCUT2D eigenvalue weighted by Crippen LogP contribution is 2.40. The molecule has 0 saturated carbocycles. The summed E-state index contributed by atoms with van der Waals surface area (Å²) in [5.41, 5.74) is 4.79. The Morgan fingerprint density at radius 2 is 1.52 bits per heavy atom. The fourth-order valence-corrected chi connectivity index (χ4v) is 6.21. The first-order chi connectivity index (χ1) is 19.4. The van der Waals surface area contributed by atoms with Gasteiger partial charge in [0, 0.05) is 39.3 Å². The van der Waals surface area contributed by atoms with Gasteiger partial charge in [-0.3, -0.25) is 4.79 Å². The summed E-state index contributed by atoms with van der Waals surface area (Å²) in [6.45, 7) is 6.21. The highest BCUT2D eigenvalue weighted by molar-refractivity contribution is 7.22. The minimum absolute atomic E-state index is 0.0386. The van der Waals surface area contributed by atoms with Gasteiger partial charge in [-0.2, -0.15) is 0 Å². The number of thiophene rings is 1. The molecule has 5 nitrogen and oxygen atoms in total. The van der Waals surface area contributed by atoms with Gasteiger partial charge in [-0.05, 0) is 98.5 Å². The lowest BCUT2D eigenvalue weighted by atomic mass is 10.0. The number of Topliss-reactive ketones (excluding diaryl/α,β-unsaturated/α-hetero) is 1. The number of phenolic OH excluding ortho intramolecular Hbond substituents is 1. The molecule has 2 heterocycles. The summed E-state index contributed by atoms with van der Waals surface area (Å²) in [6, 6.07) is 29.5. The maximum Gasteiger partial charge on any atom is 0.343 e. The van der Waals surface area contributed by atoms with Crippen molar-refractivity contribution in [3.8, 4) is 21.9 Å². The van der Waals surface area contributed by atoms with E-state index in [2.05, 4.69) is 36.1 Å². The number of anilines is 1. The second-order valence-corrected chi connectivity index (χ2v) is 10.9. The Balaban J connectivity index is 0.000000223. The zero-order chi connectivity index (χ0) is 28.1. The standard InChI is InChI=1S/C23H16O4S.C11H15N/c1-14(24)21-19-12-11-18(27-23(26)16-5-3-2-4-6-16)13-20(19)28-22(21)15-7-9-17(25)10-8-15;1-10-6-2-3-7-11(10)12-8-4-5-9-12/h2-13,25H,1H3;2-3,6-7H,4-5,8-9H2,1H3. The van der Waals surface area contributed by atoms with Gasteiger partial charge in [0.05, 0.1) is 5.56 Å². The second-order valence-electron chi connectivity index (χ2n) is 9.80. The number of phenols is 1. The Morgan fingerprint density at radius 3 is 2.20 bits per heavy atom. The number of aromatic hydroxyl groups is 1. The Kier molecular flexibility index (Phi) is 8.27. The van der Waals surface area contributed by atoms with Crippen LogP contribution in [0.15, 0.2) is 97.1 Å². The van der Waals surface area contributed by atoms with E-state index in [0.29, 0.717) is 16.9 Å². The highest BCUT2D eigenvalue weighted by Gasteiger charge is 2.19. The third kappa shape index (κ3) is 6.08. The normalized spacial score (nSPS) is 12.6. The highest BCUT2D eigenvalue weighted by atomic mass is 32.1. The molecule has 40 heavy (non-hydrogen) atoms. The van der Waals surface area contributed by atoms with Gasteiger partial charge in [0.25, 0.3) is 0 Å². The van der Waals surface area contributed by atoms with E-state index >= 15 is 0 Å². The van der Waals surface area contributed by atoms with Crippen LogP contribution in [0.4, 0.5) is 5.69 Å². The summed E-state index contributed by atoms with van der Waals surface area (Å²) in [7, 11) is 0. The zero-order valence-electron chi connectivity index (χ0n) is 22.6. The van der Waals surface area contributed by atoms with E-state index in [4.69, 9.17) is 4.74 Å². The van der Waals surface area contributed by atoms with Crippen LogP contribution in [0.25, 0.3) is 20.5 Å². The minimum atomic E-state index is -0.429. The molecule has 0 amide bonds. The van der Waals surface area contributed by atoms with E-state index in [1.54, 1.807) is 66.7 Å². The molecule has 6 rings (SSSR count). The topological polar surface area (TPSA) is 66.8 Å². The molecule has 1 aliphatic heterocycles. The Hall–Kier alpha value is -4.42. The lowest BCUT2D eigenvalue weighted by Crippen LogP contribution is -2.18. The molecule has 0 bridgehead atoms. The first-order valence-corrected chi connectivity index (χ1v) is 14.2. The molecule has 4 aromatic carbocycles. The van der Waals surface area contributed by atoms with Gasteiger partial charge in [0.15, 0.2) is 5.78 Å². The zero-order valence-corrected chi connectivity index (χ0v) is 23.4. The Bertz CT molecular complexity index is 1630. The molecular formula is C34H31NO4S. The van der Waals surface area contributed by atoms with Crippen molar-refractivity contribution in [2.45, 2.75) is 26.7 Å². The molecule has 0 unspecified atom stereocenters. The average Bonchev–Trinajstić information content (AvgIpc) is 3.63. The number of para-hydroxylation sites is 1. The third-order valence-corrected chi connectivity index (χ3v) is 8.13. The smallest absolute Gasteiger partial charge is 0.343 e. The second kappa shape index (κ2) is 12.2. The predicted molar refractivity (Wildman–Crippen MR) is 163 cm³/mol. The molecule has 1 saturated heterocycles. The van der Waals surface area contributed by atoms with Crippen molar-refractivity contribution in [3.63, 3.8) is 0 Å². The molecular weight excluding hydrogens is 518 g/mol. The molecule has 202 valence electrons. The van der Waals surface area contributed by atoms with E-state index in [-0.39, 0.29) is 11.5 Å². The van der Waals surface area contributed by atoms with Crippen LogP contribution >= 0.6 is 11.3 Å². The Morgan fingerprint density at radius 1 is 0.850 bits per heavy atom. The van der Waals surface area contributed by atoms with Crippen molar-refractivity contribution in [1.82, 2.24) is 0 Å². The van der Waals surface area contributed by atoms with E-state index < -0.39 is 5.97 Å². The van der Waals surface area contributed by atoms with Crippen molar-refractivity contribution >= 4 is 38.9 Å². The molecule has 1 aromatic heterocycles. The number of esters is 1. The average molecular weight is 550 g/mol. The number of ether oxygens (including phenoxy) is 1. The number of hydrogen-bond donors (Lipinski definition) is 1. The van der Waals surface area contributed by atoms with Crippen molar-refractivity contribution in [2.24, 2.45) is 0 Å². The summed E-state index contributed by atoms with van der Waals surface area (Å²) < 4.78 is 6.34. The van der Waals surface area contributed by atoms with Crippen LogP contribution in [0.1, 0.15) is 46.0 Å². The van der Waals surface area contributed by atoms with E-state index in [9.17, 15) is 14.7 Å². The molecule has 0 atom stereocenters. The summed E-state index contributed by atoms with van der Waals surface area (Å²) in [4.78, 5) is 27.9. The van der Waals surface area contributed by atoms with Gasteiger partial charge >= 0.3 is 5.97 Å². The van der Waals surface area contributed by atoms with Gasteiger partial charge in [-0.25, -0.2) is 4.79 Å². The van der Waals surface area contributed by atoms with Crippen LogP contribution in [0.3, 0.4) is 0 Å². The van der Waals surface area contributed by atoms with Crippen LogP contribution in [0.5, 0.6) is 11.5 Å². The lowest BCUT2D eigenvalue weighted by Gasteiger charge is -2.19. The largest absolute Gasteiger partial charge is 0.508 e. The first kappa shape index (κ1) is 27.2. The monoisotopic (exact) mass is 549 g/mol. The van der Waals surface area contributed by atoms with Crippen LogP contribution < -0.4 is 9.64 Å². The molecule has 0 aliphatic carbocycles. The fraction of sp³-hybridized carbons (Fsp3) is 0.176. The summed E-state index contributed by atoms with van der Waals surface area (Å²) in [5.74, 6) is 0.129. The number of carbonyl (C=O) groups excluding carboxylic acids is 2. The predicted octanol–water partition coefficient (Wildman–Crippen LogP) is 8.29. The first-order valence-electron chi connectivity index (χ1n) is 13.4. The van der Waals surface area contributed by atoms with E-state index in [0.717, 1.165) is 20.5 Å². The maximum atomic E-state index is 12.3. The Labute approximate surface area is 238 Å². The van der Waals surface area contributed by atoms with E-state index in [1.165, 1.54) is 55.4 Å². The number of aryl methyl sites for hydroxylation is 1. The molecule has 1 N–H and O–H groups in total. The lowest BCUT2D eigenvalue weighted by molar-refractivity contribution is 0.0734. The fourth-order valence-electron chi connectivity index (χ4n) is 4.92. The molecule has 5 aromatic rings.